The van der Waals surface area contributed by atoms with Gasteiger partial charge in [-0.2, -0.15) is 0 Å². The molecule has 1 heterocycles. The van der Waals surface area contributed by atoms with Crippen LogP contribution in [-0.2, 0) is 6.54 Å². The van der Waals surface area contributed by atoms with Gasteiger partial charge in [0, 0.05) is 30.5 Å². The summed E-state index contributed by atoms with van der Waals surface area (Å²) in [6.07, 6.45) is 1.61. The zero-order valence-corrected chi connectivity index (χ0v) is 12.1. The molecule has 0 aliphatic carbocycles. The van der Waals surface area contributed by atoms with Crippen molar-refractivity contribution in [3.05, 3.63) is 64.1 Å². The summed E-state index contributed by atoms with van der Waals surface area (Å²) in [5, 5.41) is 0. The lowest BCUT2D eigenvalue weighted by Gasteiger charge is -2.25. The van der Waals surface area contributed by atoms with Gasteiger partial charge in [0.25, 0.3) is 0 Å². The second kappa shape index (κ2) is 6.39. The zero-order chi connectivity index (χ0) is 14.5. The van der Waals surface area contributed by atoms with Crippen LogP contribution in [0.2, 0.25) is 0 Å². The summed E-state index contributed by atoms with van der Waals surface area (Å²) in [4.78, 5) is 17.0. The third kappa shape index (κ3) is 3.27. The Hall–Kier alpha value is -2.07. The number of H-pyrrole nitrogens is 1. The summed E-state index contributed by atoms with van der Waals surface area (Å²) in [5.74, 6) is 0.340. The van der Waals surface area contributed by atoms with Crippen molar-refractivity contribution >= 4 is 0 Å². The van der Waals surface area contributed by atoms with E-state index >= 15 is 0 Å². The Morgan fingerprint density at radius 3 is 2.60 bits per heavy atom. The van der Waals surface area contributed by atoms with Crippen molar-refractivity contribution < 1.29 is 4.74 Å². The fourth-order valence-electron chi connectivity index (χ4n) is 2.14. The molecule has 1 aromatic heterocycles. The smallest absolute Gasteiger partial charge is 0.223 e. The van der Waals surface area contributed by atoms with Crippen molar-refractivity contribution in [3.8, 4) is 5.75 Å². The first-order valence-corrected chi connectivity index (χ1v) is 6.62. The van der Waals surface area contributed by atoms with Crippen molar-refractivity contribution in [2.24, 2.45) is 0 Å². The van der Waals surface area contributed by atoms with Crippen molar-refractivity contribution in [2.45, 2.75) is 19.5 Å². The Labute approximate surface area is 119 Å². The average molecular weight is 272 g/mol. The number of rotatable bonds is 5. The lowest BCUT2D eigenvalue weighted by atomic mass is 10.1. The van der Waals surface area contributed by atoms with Crippen molar-refractivity contribution in [2.75, 3.05) is 14.2 Å². The second-order valence-electron chi connectivity index (χ2n) is 4.89. The Morgan fingerprint density at radius 1 is 1.30 bits per heavy atom. The maximum Gasteiger partial charge on any atom is 0.223 e. The molecule has 1 N–H and O–H groups in total. The van der Waals surface area contributed by atoms with Crippen LogP contribution in [0.15, 0.2) is 47.4 Å². The van der Waals surface area contributed by atoms with Crippen LogP contribution in [0, 0.1) is 0 Å². The highest BCUT2D eigenvalue weighted by Gasteiger charge is 2.12. The number of aromatic nitrogens is 1. The summed E-state index contributed by atoms with van der Waals surface area (Å²) in [6, 6.07) is 12.2. The average Bonchev–Trinajstić information content (AvgIpc) is 2.47. The number of nitrogens with zero attached hydrogens (tertiary/aromatic N) is 1. The van der Waals surface area contributed by atoms with Crippen LogP contribution in [-0.4, -0.2) is 24.0 Å². The van der Waals surface area contributed by atoms with E-state index in [4.69, 9.17) is 4.74 Å². The Bertz CT molecular complexity index is 607. The Balaban J connectivity index is 2.10. The number of aromatic amines is 1. The zero-order valence-electron chi connectivity index (χ0n) is 12.1. The fraction of sp³-hybridized carbons (Fsp3) is 0.312. The van der Waals surface area contributed by atoms with Crippen LogP contribution >= 0.6 is 0 Å². The summed E-state index contributed by atoms with van der Waals surface area (Å²) in [7, 11) is 3.54. The molecule has 2 rings (SSSR count). The molecule has 1 atom stereocenters. The molecule has 20 heavy (non-hydrogen) atoms. The van der Waals surface area contributed by atoms with Gasteiger partial charge in [-0.25, -0.2) is 0 Å². The number of pyridine rings is 1. The molecule has 0 fully saturated rings. The van der Waals surface area contributed by atoms with Crippen molar-refractivity contribution in [1.29, 1.82) is 0 Å². The molecule has 4 heteroatoms. The highest BCUT2D eigenvalue weighted by atomic mass is 16.5. The van der Waals surface area contributed by atoms with Gasteiger partial charge in [-0.1, -0.05) is 30.3 Å². The van der Waals surface area contributed by atoms with Crippen LogP contribution in [0.5, 0.6) is 5.75 Å². The summed E-state index contributed by atoms with van der Waals surface area (Å²) >= 11 is 0. The van der Waals surface area contributed by atoms with Gasteiger partial charge in [0.2, 0.25) is 5.43 Å². The van der Waals surface area contributed by atoms with Gasteiger partial charge in [-0.15, -0.1) is 0 Å². The van der Waals surface area contributed by atoms with E-state index in [2.05, 4.69) is 28.9 Å². The van der Waals surface area contributed by atoms with Gasteiger partial charge < -0.3 is 9.72 Å². The van der Waals surface area contributed by atoms with E-state index in [1.807, 2.05) is 25.2 Å². The quantitative estimate of drug-likeness (QED) is 0.910. The largest absolute Gasteiger partial charge is 0.491 e. The SMILES string of the molecule is COc1c[nH]c(CN(C)[C@@H](C)c2ccccc2)cc1=O. The van der Waals surface area contributed by atoms with Crippen LogP contribution in [0.1, 0.15) is 24.2 Å². The monoisotopic (exact) mass is 272 g/mol. The van der Waals surface area contributed by atoms with Crippen molar-refractivity contribution in [1.82, 2.24) is 9.88 Å². The van der Waals surface area contributed by atoms with E-state index in [0.717, 1.165) is 5.69 Å². The van der Waals surface area contributed by atoms with E-state index in [0.29, 0.717) is 12.3 Å². The minimum absolute atomic E-state index is 0.0954. The van der Waals surface area contributed by atoms with Crippen LogP contribution < -0.4 is 10.2 Å². The van der Waals surface area contributed by atoms with E-state index in [9.17, 15) is 4.79 Å². The summed E-state index contributed by atoms with van der Waals surface area (Å²) in [6.45, 7) is 2.83. The van der Waals surface area contributed by atoms with Crippen LogP contribution in [0.25, 0.3) is 0 Å². The van der Waals surface area contributed by atoms with E-state index in [-0.39, 0.29) is 11.5 Å². The molecule has 0 radical (unpaired) electrons. The Kier molecular flexibility index (Phi) is 4.58. The maximum atomic E-state index is 11.7. The number of ether oxygens (including phenoxy) is 1. The van der Waals surface area contributed by atoms with E-state index < -0.39 is 0 Å². The third-order valence-electron chi connectivity index (χ3n) is 3.52. The van der Waals surface area contributed by atoms with Gasteiger partial charge in [0.05, 0.1) is 7.11 Å². The molecule has 4 nitrogen and oxygen atoms in total. The van der Waals surface area contributed by atoms with Gasteiger partial charge >= 0.3 is 0 Å². The lowest BCUT2D eigenvalue weighted by Crippen LogP contribution is -2.23. The molecule has 106 valence electrons. The van der Waals surface area contributed by atoms with E-state index in [1.165, 1.54) is 12.7 Å². The minimum Gasteiger partial charge on any atom is -0.491 e. The topological polar surface area (TPSA) is 45.3 Å². The molecule has 1 aromatic carbocycles. The standard InChI is InChI=1S/C16H20N2O2/c1-12(13-7-5-4-6-8-13)18(2)11-14-9-15(19)16(20-3)10-17-14/h4-10,12H,11H2,1-3H3,(H,17,19)/t12-/m0/s1. The van der Waals surface area contributed by atoms with Gasteiger partial charge in [0.15, 0.2) is 5.75 Å². The highest BCUT2D eigenvalue weighted by molar-refractivity contribution is 5.21. The molecule has 2 aromatic rings. The molecule has 0 bridgehead atoms. The fourth-order valence-corrected chi connectivity index (χ4v) is 2.14. The predicted octanol–water partition coefficient (Wildman–Crippen LogP) is 2.58. The molecule has 0 saturated carbocycles. The number of nitrogens with one attached hydrogen (secondary N) is 1. The number of methoxy groups -OCH3 is 1. The molecule has 0 saturated heterocycles. The lowest BCUT2D eigenvalue weighted by molar-refractivity contribution is 0.250. The Morgan fingerprint density at radius 2 is 2.00 bits per heavy atom. The van der Waals surface area contributed by atoms with Crippen molar-refractivity contribution in [3.63, 3.8) is 0 Å². The van der Waals surface area contributed by atoms with Gasteiger partial charge in [-0.05, 0) is 19.5 Å². The predicted molar refractivity (Wildman–Crippen MR) is 79.9 cm³/mol. The summed E-state index contributed by atoms with van der Waals surface area (Å²) < 4.78 is 4.96. The molecular formula is C16H20N2O2. The molecule has 0 amide bonds. The van der Waals surface area contributed by atoms with Gasteiger partial charge in [0.1, 0.15) is 0 Å². The molecular weight excluding hydrogens is 252 g/mol. The minimum atomic E-state index is -0.0954. The number of hydrogen-bond acceptors (Lipinski definition) is 3. The normalized spacial score (nSPS) is 12.4. The van der Waals surface area contributed by atoms with E-state index in [1.54, 1.807) is 12.3 Å². The van der Waals surface area contributed by atoms with Crippen LogP contribution in [0.4, 0.5) is 0 Å². The first-order chi connectivity index (χ1) is 9.61. The first kappa shape index (κ1) is 14.3. The maximum absolute atomic E-state index is 11.7. The third-order valence-corrected chi connectivity index (χ3v) is 3.52. The second-order valence-corrected chi connectivity index (χ2v) is 4.89. The number of hydrogen-bond donors (Lipinski definition) is 1. The molecule has 0 aliphatic heterocycles. The summed E-state index contributed by atoms with van der Waals surface area (Å²) in [5.41, 5.74) is 2.04. The number of benzene rings is 1. The molecule has 0 unspecified atom stereocenters. The van der Waals surface area contributed by atoms with Gasteiger partial charge in [-0.3, -0.25) is 9.69 Å². The molecule has 0 spiro atoms. The molecule has 0 aliphatic rings. The highest BCUT2D eigenvalue weighted by Crippen LogP contribution is 2.19. The first-order valence-electron chi connectivity index (χ1n) is 6.62. The van der Waals surface area contributed by atoms with Crippen LogP contribution in [0.3, 0.4) is 0 Å².